The first kappa shape index (κ1) is 10.1. The number of nitrogens with zero attached hydrogens (tertiary/aromatic N) is 1. The van der Waals surface area contributed by atoms with Crippen molar-refractivity contribution >= 4 is 11.3 Å². The Kier molecular flexibility index (Phi) is 2.62. The number of aryl methyl sites for hydroxylation is 2. The number of hydrogen-bond acceptors (Lipinski definition) is 3. The molecule has 0 aromatic carbocycles. The van der Waals surface area contributed by atoms with Crippen molar-refractivity contribution in [2.24, 2.45) is 5.41 Å². The van der Waals surface area contributed by atoms with Crippen molar-refractivity contribution in [3.8, 4) is 0 Å². The quantitative estimate of drug-likeness (QED) is 0.825. The van der Waals surface area contributed by atoms with Gasteiger partial charge in [-0.3, -0.25) is 0 Å². The van der Waals surface area contributed by atoms with Crippen LogP contribution in [0.2, 0.25) is 0 Å². The first-order chi connectivity index (χ1) is 6.65. The van der Waals surface area contributed by atoms with Gasteiger partial charge in [-0.05, 0) is 39.2 Å². The summed E-state index contributed by atoms with van der Waals surface area (Å²) in [6, 6.07) is 0. The van der Waals surface area contributed by atoms with Crippen molar-refractivity contribution in [3.05, 3.63) is 15.6 Å². The molecule has 1 aliphatic carbocycles. The zero-order chi connectivity index (χ0) is 10.2. The van der Waals surface area contributed by atoms with Crippen molar-refractivity contribution < 1.29 is 0 Å². The van der Waals surface area contributed by atoms with Crippen LogP contribution < -0.4 is 5.32 Å². The summed E-state index contributed by atoms with van der Waals surface area (Å²) in [7, 11) is 2.04. The number of aromatic nitrogens is 1. The minimum Gasteiger partial charge on any atom is -0.319 e. The molecule has 3 heteroatoms. The van der Waals surface area contributed by atoms with Crippen LogP contribution in [0.25, 0.3) is 0 Å². The summed E-state index contributed by atoms with van der Waals surface area (Å²) in [5, 5.41) is 4.62. The maximum Gasteiger partial charge on any atom is 0.0936 e. The maximum absolute atomic E-state index is 4.61. The number of rotatable bonds is 4. The topological polar surface area (TPSA) is 24.9 Å². The molecule has 0 aliphatic heterocycles. The van der Waals surface area contributed by atoms with Gasteiger partial charge < -0.3 is 5.32 Å². The summed E-state index contributed by atoms with van der Waals surface area (Å²) in [4.78, 5) is 5.98. The van der Waals surface area contributed by atoms with Crippen LogP contribution >= 0.6 is 11.3 Å². The molecule has 0 saturated heterocycles. The van der Waals surface area contributed by atoms with Crippen molar-refractivity contribution in [2.75, 3.05) is 13.6 Å². The van der Waals surface area contributed by atoms with Gasteiger partial charge >= 0.3 is 0 Å². The van der Waals surface area contributed by atoms with Crippen LogP contribution in [0.3, 0.4) is 0 Å². The van der Waals surface area contributed by atoms with Gasteiger partial charge in [0.15, 0.2) is 0 Å². The Morgan fingerprint density at radius 2 is 2.14 bits per heavy atom. The van der Waals surface area contributed by atoms with Crippen LogP contribution in [0.15, 0.2) is 0 Å². The summed E-state index contributed by atoms with van der Waals surface area (Å²) in [6.07, 6.45) is 3.91. The maximum atomic E-state index is 4.61. The van der Waals surface area contributed by atoms with E-state index in [2.05, 4.69) is 24.1 Å². The van der Waals surface area contributed by atoms with Gasteiger partial charge in [-0.2, -0.15) is 0 Å². The summed E-state index contributed by atoms with van der Waals surface area (Å²) in [5.41, 5.74) is 1.76. The van der Waals surface area contributed by atoms with Gasteiger partial charge in [-0.25, -0.2) is 4.98 Å². The standard InChI is InChI=1S/C11H18N2S/c1-8-9(2)14-10(13-8)6-11(4-5-11)7-12-3/h12H,4-7H2,1-3H3. The van der Waals surface area contributed by atoms with Crippen LogP contribution in [0.4, 0.5) is 0 Å². The molecule has 1 aliphatic rings. The van der Waals surface area contributed by atoms with Gasteiger partial charge in [-0.15, -0.1) is 11.3 Å². The molecule has 78 valence electrons. The van der Waals surface area contributed by atoms with E-state index in [4.69, 9.17) is 0 Å². The summed E-state index contributed by atoms with van der Waals surface area (Å²) in [6.45, 7) is 5.41. The van der Waals surface area contributed by atoms with E-state index in [9.17, 15) is 0 Å². The molecular formula is C11H18N2S. The highest BCUT2D eigenvalue weighted by molar-refractivity contribution is 7.11. The molecular weight excluding hydrogens is 192 g/mol. The van der Waals surface area contributed by atoms with Crippen molar-refractivity contribution in [1.82, 2.24) is 10.3 Å². The molecule has 1 aromatic heterocycles. The molecule has 0 unspecified atom stereocenters. The lowest BCUT2D eigenvalue weighted by atomic mass is 10.0. The number of nitrogens with one attached hydrogen (secondary N) is 1. The largest absolute Gasteiger partial charge is 0.319 e. The van der Waals surface area contributed by atoms with Crippen LogP contribution in [-0.2, 0) is 6.42 Å². The van der Waals surface area contributed by atoms with Gasteiger partial charge in [-0.1, -0.05) is 0 Å². The normalized spacial score (nSPS) is 18.5. The Balaban J connectivity index is 2.03. The minimum atomic E-state index is 0.547. The molecule has 2 rings (SSSR count). The van der Waals surface area contributed by atoms with Gasteiger partial charge in [0, 0.05) is 17.8 Å². The molecule has 1 heterocycles. The molecule has 1 N–H and O–H groups in total. The summed E-state index contributed by atoms with van der Waals surface area (Å²) in [5.74, 6) is 0. The molecule has 14 heavy (non-hydrogen) atoms. The predicted molar refractivity (Wildman–Crippen MR) is 60.9 cm³/mol. The lowest BCUT2D eigenvalue weighted by Gasteiger charge is -2.11. The third kappa shape index (κ3) is 1.98. The third-order valence-electron chi connectivity index (χ3n) is 3.11. The highest BCUT2D eigenvalue weighted by Gasteiger charge is 2.42. The molecule has 2 nitrogen and oxygen atoms in total. The van der Waals surface area contributed by atoms with E-state index in [1.54, 1.807) is 0 Å². The second kappa shape index (κ2) is 3.63. The number of hydrogen-bond donors (Lipinski definition) is 1. The monoisotopic (exact) mass is 210 g/mol. The highest BCUT2D eigenvalue weighted by atomic mass is 32.1. The Hall–Kier alpha value is -0.410. The average molecular weight is 210 g/mol. The average Bonchev–Trinajstić information content (AvgIpc) is 2.77. The Bertz CT molecular complexity index is 307. The Morgan fingerprint density at radius 1 is 1.43 bits per heavy atom. The molecule has 0 amide bonds. The van der Waals surface area contributed by atoms with Crippen LogP contribution in [-0.4, -0.2) is 18.6 Å². The second-order valence-corrected chi connectivity index (χ2v) is 5.74. The van der Waals surface area contributed by atoms with Crippen LogP contribution in [0, 0.1) is 19.3 Å². The van der Waals surface area contributed by atoms with E-state index >= 15 is 0 Å². The zero-order valence-corrected chi connectivity index (χ0v) is 10.0. The first-order valence-corrected chi connectivity index (χ1v) is 6.04. The molecule has 1 saturated carbocycles. The van der Waals surface area contributed by atoms with Gasteiger partial charge in [0.25, 0.3) is 0 Å². The molecule has 0 bridgehead atoms. The summed E-state index contributed by atoms with van der Waals surface area (Å²) < 4.78 is 0. The van der Waals surface area contributed by atoms with E-state index in [1.807, 2.05) is 18.4 Å². The molecule has 0 atom stereocenters. The van der Waals surface area contributed by atoms with E-state index in [-0.39, 0.29) is 0 Å². The van der Waals surface area contributed by atoms with Crippen molar-refractivity contribution in [2.45, 2.75) is 33.1 Å². The zero-order valence-electron chi connectivity index (χ0n) is 9.18. The lowest BCUT2D eigenvalue weighted by Crippen LogP contribution is -2.21. The fraction of sp³-hybridized carbons (Fsp3) is 0.727. The van der Waals surface area contributed by atoms with E-state index in [0.717, 1.165) is 6.54 Å². The molecule has 1 fully saturated rings. The van der Waals surface area contributed by atoms with Crippen molar-refractivity contribution in [3.63, 3.8) is 0 Å². The van der Waals surface area contributed by atoms with Gasteiger partial charge in [0.1, 0.15) is 0 Å². The highest BCUT2D eigenvalue weighted by Crippen LogP contribution is 2.48. The predicted octanol–water partition coefficient (Wildman–Crippen LogP) is 2.30. The van der Waals surface area contributed by atoms with Crippen LogP contribution in [0.5, 0.6) is 0 Å². The lowest BCUT2D eigenvalue weighted by molar-refractivity contribution is 0.477. The SMILES string of the molecule is CNCC1(Cc2nc(C)c(C)s2)CC1. The number of thiazole rings is 1. The summed E-state index contributed by atoms with van der Waals surface area (Å²) >= 11 is 1.87. The molecule has 0 radical (unpaired) electrons. The van der Waals surface area contributed by atoms with E-state index in [1.165, 1.54) is 34.8 Å². The minimum absolute atomic E-state index is 0.547. The molecule has 1 aromatic rings. The fourth-order valence-corrected chi connectivity index (χ4v) is 3.01. The van der Waals surface area contributed by atoms with Crippen LogP contribution in [0.1, 0.15) is 28.4 Å². The smallest absolute Gasteiger partial charge is 0.0936 e. The van der Waals surface area contributed by atoms with Crippen molar-refractivity contribution in [1.29, 1.82) is 0 Å². The van der Waals surface area contributed by atoms with Gasteiger partial charge in [0.2, 0.25) is 0 Å². The second-order valence-electron chi connectivity index (χ2n) is 4.46. The molecule has 0 spiro atoms. The Labute approximate surface area is 89.8 Å². The van der Waals surface area contributed by atoms with E-state index < -0.39 is 0 Å². The Morgan fingerprint density at radius 3 is 2.57 bits per heavy atom. The van der Waals surface area contributed by atoms with Gasteiger partial charge in [0.05, 0.1) is 10.7 Å². The first-order valence-electron chi connectivity index (χ1n) is 5.23. The fourth-order valence-electron chi connectivity index (χ4n) is 1.90. The third-order valence-corrected chi connectivity index (χ3v) is 4.18. The van der Waals surface area contributed by atoms with E-state index in [0.29, 0.717) is 5.41 Å².